The standard InChI is InChI=1S/C14H18N2O2/c1-17-13-8-11-4-7-16(6-3-5-15)10-12(11)9-14(13)18-2/h8-9H,3-4,6-7,10H2,1-2H3. The quantitative estimate of drug-likeness (QED) is 0.815. The highest BCUT2D eigenvalue weighted by Crippen LogP contribution is 2.33. The molecule has 0 aliphatic carbocycles. The topological polar surface area (TPSA) is 45.5 Å². The SMILES string of the molecule is COc1cc2c(cc1OC)CN(CCC#N)CC2. The van der Waals surface area contributed by atoms with Crippen LogP contribution in [0.3, 0.4) is 0 Å². The summed E-state index contributed by atoms with van der Waals surface area (Å²) in [5, 5.41) is 8.63. The Balaban J connectivity index is 2.19. The number of fused-ring (bicyclic) bond motifs is 1. The molecule has 0 bridgehead atoms. The molecule has 0 saturated carbocycles. The Hall–Kier alpha value is -1.73. The summed E-state index contributed by atoms with van der Waals surface area (Å²) in [6.07, 6.45) is 1.59. The number of benzene rings is 1. The van der Waals surface area contributed by atoms with E-state index in [0.29, 0.717) is 6.42 Å². The maximum atomic E-state index is 8.63. The summed E-state index contributed by atoms with van der Waals surface area (Å²) in [5.74, 6) is 1.57. The van der Waals surface area contributed by atoms with Gasteiger partial charge in [0.1, 0.15) is 0 Å². The molecule has 1 aliphatic heterocycles. The van der Waals surface area contributed by atoms with Gasteiger partial charge >= 0.3 is 0 Å². The Bertz CT molecular complexity index is 466. The van der Waals surface area contributed by atoms with E-state index >= 15 is 0 Å². The molecule has 4 heteroatoms. The second-order valence-electron chi connectivity index (χ2n) is 4.41. The first-order valence-electron chi connectivity index (χ1n) is 6.11. The lowest BCUT2D eigenvalue weighted by atomic mass is 9.98. The molecule has 0 amide bonds. The van der Waals surface area contributed by atoms with Crippen molar-refractivity contribution in [3.63, 3.8) is 0 Å². The van der Waals surface area contributed by atoms with E-state index in [1.54, 1.807) is 14.2 Å². The summed E-state index contributed by atoms with van der Waals surface area (Å²) in [6, 6.07) is 6.31. The van der Waals surface area contributed by atoms with Crippen LogP contribution in [0.15, 0.2) is 12.1 Å². The van der Waals surface area contributed by atoms with Gasteiger partial charge in [-0.2, -0.15) is 5.26 Å². The molecule has 0 atom stereocenters. The predicted octanol–water partition coefficient (Wildman–Crippen LogP) is 1.98. The van der Waals surface area contributed by atoms with Gasteiger partial charge in [0.2, 0.25) is 0 Å². The van der Waals surface area contributed by atoms with Crippen LogP contribution in [0, 0.1) is 11.3 Å². The molecule has 0 spiro atoms. The van der Waals surface area contributed by atoms with Gasteiger partial charge in [0, 0.05) is 26.1 Å². The van der Waals surface area contributed by atoms with Crippen LogP contribution in [0.2, 0.25) is 0 Å². The normalized spacial score (nSPS) is 14.7. The first-order chi connectivity index (χ1) is 8.78. The van der Waals surface area contributed by atoms with E-state index in [2.05, 4.69) is 17.0 Å². The van der Waals surface area contributed by atoms with Gasteiger partial charge in [0.15, 0.2) is 11.5 Å². The van der Waals surface area contributed by atoms with E-state index in [9.17, 15) is 0 Å². The molecule has 0 saturated heterocycles. The highest BCUT2D eigenvalue weighted by Gasteiger charge is 2.18. The van der Waals surface area contributed by atoms with Crippen LogP contribution >= 0.6 is 0 Å². The van der Waals surface area contributed by atoms with Crippen LogP contribution in [-0.2, 0) is 13.0 Å². The first-order valence-corrected chi connectivity index (χ1v) is 6.11. The molecule has 4 nitrogen and oxygen atoms in total. The fourth-order valence-corrected chi connectivity index (χ4v) is 2.34. The fourth-order valence-electron chi connectivity index (χ4n) is 2.34. The van der Waals surface area contributed by atoms with Crippen molar-refractivity contribution in [2.24, 2.45) is 0 Å². The number of hydrogen-bond acceptors (Lipinski definition) is 4. The number of nitrogens with zero attached hydrogens (tertiary/aromatic N) is 2. The highest BCUT2D eigenvalue weighted by molar-refractivity contribution is 5.48. The Labute approximate surface area is 108 Å². The molecule has 1 aliphatic rings. The molecule has 1 aromatic carbocycles. The van der Waals surface area contributed by atoms with Crippen LogP contribution in [0.5, 0.6) is 11.5 Å². The first kappa shape index (κ1) is 12.7. The molecule has 0 N–H and O–H groups in total. The van der Waals surface area contributed by atoms with E-state index in [0.717, 1.165) is 37.6 Å². The molecule has 0 fully saturated rings. The Morgan fingerprint density at radius 1 is 1.22 bits per heavy atom. The minimum atomic E-state index is 0.586. The zero-order chi connectivity index (χ0) is 13.0. The average molecular weight is 246 g/mol. The Morgan fingerprint density at radius 3 is 2.50 bits per heavy atom. The van der Waals surface area contributed by atoms with Crippen molar-refractivity contribution in [3.05, 3.63) is 23.3 Å². The largest absolute Gasteiger partial charge is 0.493 e. The van der Waals surface area contributed by atoms with Crippen LogP contribution < -0.4 is 9.47 Å². The summed E-state index contributed by atoms with van der Waals surface area (Å²) < 4.78 is 10.6. The lowest BCUT2D eigenvalue weighted by Crippen LogP contribution is -2.31. The van der Waals surface area contributed by atoms with Crippen molar-refractivity contribution in [1.29, 1.82) is 5.26 Å². The number of methoxy groups -OCH3 is 2. The fraction of sp³-hybridized carbons (Fsp3) is 0.500. The molecule has 1 aromatic rings. The molecule has 2 rings (SSSR count). The van der Waals surface area contributed by atoms with Crippen LogP contribution in [-0.4, -0.2) is 32.2 Å². The molecular weight excluding hydrogens is 228 g/mol. The minimum Gasteiger partial charge on any atom is -0.493 e. The van der Waals surface area contributed by atoms with Gasteiger partial charge in [-0.1, -0.05) is 0 Å². The van der Waals surface area contributed by atoms with Crippen molar-refractivity contribution in [1.82, 2.24) is 4.90 Å². The number of rotatable bonds is 4. The van der Waals surface area contributed by atoms with Gasteiger partial charge in [0.05, 0.1) is 20.3 Å². The van der Waals surface area contributed by atoms with Crippen molar-refractivity contribution >= 4 is 0 Å². The molecule has 0 unspecified atom stereocenters. The number of ether oxygens (including phenoxy) is 2. The number of hydrogen-bond donors (Lipinski definition) is 0. The molecule has 1 heterocycles. The Kier molecular flexibility index (Phi) is 4.06. The summed E-state index contributed by atoms with van der Waals surface area (Å²) in [6.45, 7) is 2.73. The van der Waals surface area contributed by atoms with E-state index in [4.69, 9.17) is 14.7 Å². The zero-order valence-electron chi connectivity index (χ0n) is 10.9. The molecular formula is C14H18N2O2. The Morgan fingerprint density at radius 2 is 1.89 bits per heavy atom. The lowest BCUT2D eigenvalue weighted by molar-refractivity contribution is 0.258. The third kappa shape index (κ3) is 2.57. The molecule has 0 radical (unpaired) electrons. The van der Waals surface area contributed by atoms with Gasteiger partial charge < -0.3 is 9.47 Å². The van der Waals surface area contributed by atoms with Gasteiger partial charge in [-0.05, 0) is 29.7 Å². The maximum absolute atomic E-state index is 8.63. The molecule has 18 heavy (non-hydrogen) atoms. The summed E-state index contributed by atoms with van der Waals surface area (Å²) in [7, 11) is 3.31. The number of nitriles is 1. The van der Waals surface area contributed by atoms with Gasteiger partial charge in [-0.25, -0.2) is 0 Å². The minimum absolute atomic E-state index is 0.586. The third-order valence-electron chi connectivity index (χ3n) is 3.34. The van der Waals surface area contributed by atoms with Crippen molar-refractivity contribution in [3.8, 4) is 17.6 Å². The smallest absolute Gasteiger partial charge is 0.161 e. The van der Waals surface area contributed by atoms with Crippen molar-refractivity contribution < 1.29 is 9.47 Å². The highest BCUT2D eigenvalue weighted by atomic mass is 16.5. The predicted molar refractivity (Wildman–Crippen MR) is 68.8 cm³/mol. The molecule has 0 aromatic heterocycles. The monoisotopic (exact) mass is 246 g/mol. The summed E-state index contributed by atoms with van der Waals surface area (Å²) >= 11 is 0. The van der Waals surface area contributed by atoms with Crippen molar-refractivity contribution in [2.75, 3.05) is 27.3 Å². The van der Waals surface area contributed by atoms with Gasteiger partial charge in [-0.15, -0.1) is 0 Å². The summed E-state index contributed by atoms with van der Waals surface area (Å²) in [5.41, 5.74) is 2.60. The van der Waals surface area contributed by atoms with Gasteiger partial charge in [0.25, 0.3) is 0 Å². The molecule has 96 valence electrons. The summed E-state index contributed by atoms with van der Waals surface area (Å²) in [4.78, 5) is 2.30. The second kappa shape index (κ2) is 5.74. The van der Waals surface area contributed by atoms with Gasteiger partial charge in [-0.3, -0.25) is 4.90 Å². The van der Waals surface area contributed by atoms with E-state index in [-0.39, 0.29) is 0 Å². The van der Waals surface area contributed by atoms with Crippen molar-refractivity contribution in [2.45, 2.75) is 19.4 Å². The zero-order valence-corrected chi connectivity index (χ0v) is 10.9. The lowest BCUT2D eigenvalue weighted by Gasteiger charge is -2.28. The third-order valence-corrected chi connectivity index (χ3v) is 3.34. The van der Waals surface area contributed by atoms with Crippen LogP contribution in [0.4, 0.5) is 0 Å². The average Bonchev–Trinajstić information content (AvgIpc) is 2.43. The van der Waals surface area contributed by atoms with Crippen LogP contribution in [0.25, 0.3) is 0 Å². The van der Waals surface area contributed by atoms with E-state index in [1.165, 1.54) is 11.1 Å². The van der Waals surface area contributed by atoms with E-state index in [1.807, 2.05) is 6.07 Å². The second-order valence-corrected chi connectivity index (χ2v) is 4.41. The van der Waals surface area contributed by atoms with E-state index < -0.39 is 0 Å². The van der Waals surface area contributed by atoms with Crippen LogP contribution in [0.1, 0.15) is 17.5 Å². The maximum Gasteiger partial charge on any atom is 0.161 e.